The van der Waals surface area contributed by atoms with Crippen LogP contribution in [0.3, 0.4) is 0 Å². The van der Waals surface area contributed by atoms with E-state index in [0.717, 1.165) is 31.9 Å². The number of nitrogens with one attached hydrogen (secondary N) is 1. The highest BCUT2D eigenvalue weighted by atomic mass is 32.1. The van der Waals surface area contributed by atoms with Gasteiger partial charge in [-0.25, -0.2) is 0 Å². The minimum absolute atomic E-state index is 0.598. The van der Waals surface area contributed by atoms with Crippen LogP contribution >= 0.6 is 22.7 Å². The zero-order valence-electron chi connectivity index (χ0n) is 13.6. The van der Waals surface area contributed by atoms with Gasteiger partial charge < -0.3 is 10.2 Å². The third kappa shape index (κ3) is 5.46. The fraction of sp³-hybridized carbons (Fsp3) is 0.471. The van der Waals surface area contributed by atoms with E-state index in [1.54, 1.807) is 0 Å². The minimum atomic E-state index is 0.598. The van der Waals surface area contributed by atoms with Gasteiger partial charge in [-0.15, -0.1) is 22.7 Å². The van der Waals surface area contributed by atoms with Crippen LogP contribution in [-0.4, -0.2) is 38.0 Å². The minimum Gasteiger partial charge on any atom is -0.356 e. The van der Waals surface area contributed by atoms with E-state index in [1.807, 2.05) is 29.7 Å². The van der Waals surface area contributed by atoms with Crippen molar-refractivity contribution < 1.29 is 0 Å². The second-order valence-corrected chi connectivity index (χ2v) is 7.63. The summed E-state index contributed by atoms with van der Waals surface area (Å²) < 4.78 is 0. The molecular formula is C17H25N3S2. The normalized spacial score (nSPS) is 13.1. The van der Waals surface area contributed by atoms with Crippen molar-refractivity contribution in [2.75, 3.05) is 27.2 Å². The van der Waals surface area contributed by atoms with Gasteiger partial charge in [0.1, 0.15) is 0 Å². The lowest BCUT2D eigenvalue weighted by molar-refractivity contribution is 0.470. The fourth-order valence-corrected chi connectivity index (χ4v) is 3.90. The number of guanidine groups is 1. The number of likely N-dealkylation sites (N-methyl/N-ethyl adjacent to an activating group) is 1. The van der Waals surface area contributed by atoms with E-state index in [4.69, 9.17) is 0 Å². The number of rotatable bonds is 7. The molecule has 2 aromatic rings. The molecule has 0 spiro atoms. The highest BCUT2D eigenvalue weighted by Crippen LogP contribution is 2.14. The molecule has 0 radical (unpaired) electrons. The van der Waals surface area contributed by atoms with Crippen molar-refractivity contribution in [1.29, 1.82) is 0 Å². The summed E-state index contributed by atoms with van der Waals surface area (Å²) in [7, 11) is 3.96. The molecule has 0 aliphatic carbocycles. The topological polar surface area (TPSA) is 27.6 Å². The van der Waals surface area contributed by atoms with E-state index < -0.39 is 0 Å². The molecule has 1 atom stereocenters. The molecule has 3 nitrogen and oxygen atoms in total. The summed E-state index contributed by atoms with van der Waals surface area (Å²) in [6.45, 7) is 4.22. The predicted molar refractivity (Wildman–Crippen MR) is 99.2 cm³/mol. The molecule has 0 amide bonds. The van der Waals surface area contributed by atoms with Crippen LogP contribution in [0.5, 0.6) is 0 Å². The summed E-state index contributed by atoms with van der Waals surface area (Å²) >= 11 is 3.66. The van der Waals surface area contributed by atoms with E-state index in [1.165, 1.54) is 9.75 Å². The maximum atomic E-state index is 4.39. The Morgan fingerprint density at radius 2 is 1.91 bits per heavy atom. The van der Waals surface area contributed by atoms with Crippen LogP contribution in [0, 0.1) is 5.92 Å². The van der Waals surface area contributed by atoms with Gasteiger partial charge in [-0.3, -0.25) is 4.99 Å². The molecule has 0 aliphatic heterocycles. The molecule has 0 fully saturated rings. The quantitative estimate of drug-likeness (QED) is 0.616. The Balaban J connectivity index is 1.73. The summed E-state index contributed by atoms with van der Waals surface area (Å²) in [6, 6.07) is 8.64. The molecule has 0 saturated carbocycles. The van der Waals surface area contributed by atoms with Crippen LogP contribution in [0.25, 0.3) is 0 Å². The highest BCUT2D eigenvalue weighted by molar-refractivity contribution is 7.10. The first kappa shape index (κ1) is 17.0. The van der Waals surface area contributed by atoms with Crippen molar-refractivity contribution in [3.63, 3.8) is 0 Å². The van der Waals surface area contributed by atoms with Crippen LogP contribution < -0.4 is 5.32 Å². The van der Waals surface area contributed by atoms with Gasteiger partial charge in [0, 0.05) is 36.9 Å². The van der Waals surface area contributed by atoms with Crippen molar-refractivity contribution in [3.8, 4) is 0 Å². The van der Waals surface area contributed by atoms with Gasteiger partial charge in [-0.2, -0.15) is 0 Å². The highest BCUT2D eigenvalue weighted by Gasteiger charge is 2.09. The molecule has 0 saturated heterocycles. The summed E-state index contributed by atoms with van der Waals surface area (Å²) in [5.41, 5.74) is 0. The van der Waals surface area contributed by atoms with Gasteiger partial charge in [0.2, 0.25) is 0 Å². The molecule has 1 unspecified atom stereocenters. The van der Waals surface area contributed by atoms with Crippen LogP contribution in [0.15, 0.2) is 40.0 Å². The van der Waals surface area contributed by atoms with Crippen molar-refractivity contribution >= 4 is 28.6 Å². The number of nitrogens with zero attached hydrogens (tertiary/aromatic N) is 2. The second-order valence-electron chi connectivity index (χ2n) is 5.57. The maximum Gasteiger partial charge on any atom is 0.193 e. The Morgan fingerprint density at radius 1 is 1.23 bits per heavy atom. The Kier molecular flexibility index (Phi) is 6.93. The monoisotopic (exact) mass is 335 g/mol. The number of hydrogen-bond acceptors (Lipinski definition) is 3. The smallest absolute Gasteiger partial charge is 0.193 e. The molecule has 0 aromatic carbocycles. The van der Waals surface area contributed by atoms with E-state index >= 15 is 0 Å². The molecule has 5 heteroatoms. The van der Waals surface area contributed by atoms with Crippen LogP contribution in [0.2, 0.25) is 0 Å². The molecule has 1 N–H and O–H groups in total. The zero-order valence-corrected chi connectivity index (χ0v) is 15.2. The zero-order chi connectivity index (χ0) is 15.8. The predicted octanol–water partition coefficient (Wildman–Crippen LogP) is 3.74. The number of thiophene rings is 2. The van der Waals surface area contributed by atoms with E-state index in [2.05, 4.69) is 64.2 Å². The lowest BCUT2D eigenvalue weighted by atomic mass is 10.1. The van der Waals surface area contributed by atoms with Crippen LogP contribution in [-0.2, 0) is 12.8 Å². The molecule has 2 heterocycles. The Labute approximate surface area is 141 Å². The lowest BCUT2D eigenvalue weighted by Gasteiger charge is -2.23. The molecule has 2 rings (SSSR count). The van der Waals surface area contributed by atoms with Crippen molar-refractivity contribution in [1.82, 2.24) is 10.2 Å². The lowest BCUT2D eigenvalue weighted by Crippen LogP contribution is -2.41. The van der Waals surface area contributed by atoms with Gasteiger partial charge in [0.25, 0.3) is 0 Å². The van der Waals surface area contributed by atoms with Gasteiger partial charge in [-0.1, -0.05) is 19.1 Å². The molecule has 0 bridgehead atoms. The van der Waals surface area contributed by atoms with E-state index in [9.17, 15) is 0 Å². The van der Waals surface area contributed by atoms with E-state index in [-0.39, 0.29) is 0 Å². The summed E-state index contributed by atoms with van der Waals surface area (Å²) in [4.78, 5) is 9.48. The third-order valence-electron chi connectivity index (χ3n) is 3.59. The van der Waals surface area contributed by atoms with Crippen molar-refractivity contribution in [2.24, 2.45) is 10.9 Å². The number of aliphatic imine (C=N–C) groups is 1. The van der Waals surface area contributed by atoms with Gasteiger partial charge in [0.05, 0.1) is 0 Å². The largest absolute Gasteiger partial charge is 0.356 e. The Morgan fingerprint density at radius 3 is 2.50 bits per heavy atom. The first-order valence-electron chi connectivity index (χ1n) is 7.65. The molecule has 22 heavy (non-hydrogen) atoms. The fourth-order valence-electron chi connectivity index (χ4n) is 2.33. The first-order valence-corrected chi connectivity index (χ1v) is 9.41. The van der Waals surface area contributed by atoms with Gasteiger partial charge >= 0.3 is 0 Å². The third-order valence-corrected chi connectivity index (χ3v) is 5.42. The summed E-state index contributed by atoms with van der Waals surface area (Å²) in [6.07, 6.45) is 2.19. The summed E-state index contributed by atoms with van der Waals surface area (Å²) in [5.74, 6) is 1.58. The van der Waals surface area contributed by atoms with Crippen LogP contribution in [0.4, 0.5) is 0 Å². The summed E-state index contributed by atoms with van der Waals surface area (Å²) in [5, 5.41) is 7.77. The van der Waals surface area contributed by atoms with Gasteiger partial charge in [-0.05, 0) is 41.7 Å². The average molecular weight is 336 g/mol. The Bertz CT molecular complexity index is 546. The van der Waals surface area contributed by atoms with E-state index in [0.29, 0.717) is 5.92 Å². The number of hydrogen-bond donors (Lipinski definition) is 1. The maximum absolute atomic E-state index is 4.39. The average Bonchev–Trinajstić information content (AvgIpc) is 3.19. The molecular weight excluding hydrogens is 310 g/mol. The Hall–Kier alpha value is -1.33. The molecule has 0 aliphatic rings. The van der Waals surface area contributed by atoms with Crippen molar-refractivity contribution in [2.45, 2.75) is 19.8 Å². The van der Waals surface area contributed by atoms with Gasteiger partial charge in [0.15, 0.2) is 5.96 Å². The second kappa shape index (κ2) is 8.96. The first-order chi connectivity index (χ1) is 10.7. The molecule has 120 valence electrons. The van der Waals surface area contributed by atoms with Crippen molar-refractivity contribution in [3.05, 3.63) is 44.8 Å². The standard InChI is InChI=1S/C17H25N3S2/c1-14(12-16-7-5-11-22-16)13-19-17(18-2)20(3)9-8-15-6-4-10-21-15/h4-7,10-11,14H,8-9,12-13H2,1-3H3,(H,18,19). The van der Waals surface area contributed by atoms with Crippen LogP contribution in [0.1, 0.15) is 16.7 Å². The molecule has 2 aromatic heterocycles. The SMILES string of the molecule is CN=C(NCC(C)Cc1cccs1)N(C)CCc1cccs1.